The Balaban J connectivity index is 1.07. The second kappa shape index (κ2) is 12.9. The van der Waals surface area contributed by atoms with Gasteiger partial charge in [-0.05, 0) is 55.4 Å². The van der Waals surface area contributed by atoms with E-state index in [1.165, 1.54) is 27.9 Å². The number of rotatable bonds is 9. The summed E-state index contributed by atoms with van der Waals surface area (Å²) in [6, 6.07) is 16.3. The molecule has 0 saturated carbocycles. The van der Waals surface area contributed by atoms with Crippen LogP contribution in [0.2, 0.25) is 0 Å². The predicted octanol–water partition coefficient (Wildman–Crippen LogP) is 4.37. The molecule has 1 aliphatic carbocycles. The summed E-state index contributed by atoms with van der Waals surface area (Å²) in [4.78, 5) is 33.8. The molecule has 6 rings (SSSR count). The minimum atomic E-state index is -0.478. The average Bonchev–Trinajstić information content (AvgIpc) is 3.70. The zero-order valence-electron chi connectivity index (χ0n) is 25.5. The van der Waals surface area contributed by atoms with Crippen molar-refractivity contribution < 1.29 is 19.1 Å². The molecule has 3 heterocycles. The fourth-order valence-electron chi connectivity index (χ4n) is 7.15. The molecule has 1 aromatic heterocycles. The molecule has 2 N–H and O–H groups in total. The molecule has 2 fully saturated rings. The number of hydrogen-bond acceptors (Lipinski definition) is 6. The second-order valence-electron chi connectivity index (χ2n) is 12.1. The van der Waals surface area contributed by atoms with Gasteiger partial charge in [0, 0.05) is 64.0 Å². The van der Waals surface area contributed by atoms with Crippen molar-refractivity contribution in [3.8, 4) is 11.1 Å². The van der Waals surface area contributed by atoms with Gasteiger partial charge in [-0.2, -0.15) is 0 Å². The Hall–Kier alpha value is -3.69. The van der Waals surface area contributed by atoms with Gasteiger partial charge in [0.25, 0.3) is 0 Å². The Morgan fingerprint density at radius 1 is 1.05 bits per heavy atom. The van der Waals surface area contributed by atoms with Crippen molar-refractivity contribution in [2.24, 2.45) is 5.92 Å². The number of piperidine rings is 1. The van der Waals surface area contributed by atoms with Gasteiger partial charge in [-0.3, -0.25) is 4.79 Å². The van der Waals surface area contributed by atoms with E-state index in [9.17, 15) is 9.59 Å². The van der Waals surface area contributed by atoms with Crippen LogP contribution in [0.15, 0.2) is 48.5 Å². The van der Waals surface area contributed by atoms with Crippen LogP contribution in [-0.2, 0) is 20.8 Å². The number of aryl methyl sites for hydroxylation is 1. The number of nitrogens with one attached hydrogen (secondary N) is 2. The summed E-state index contributed by atoms with van der Waals surface area (Å²) in [5.41, 5.74) is 6.97. The quantitative estimate of drug-likeness (QED) is 0.362. The maximum absolute atomic E-state index is 13.8. The molecule has 228 valence electrons. The van der Waals surface area contributed by atoms with Crippen molar-refractivity contribution in [1.29, 1.82) is 0 Å². The molecular weight excluding hydrogens is 542 g/mol. The summed E-state index contributed by atoms with van der Waals surface area (Å²) in [7, 11) is 1.73. The molecule has 2 aliphatic heterocycles. The zero-order chi connectivity index (χ0) is 29.9. The van der Waals surface area contributed by atoms with Gasteiger partial charge in [-0.1, -0.05) is 48.5 Å². The number of amides is 2. The molecular formula is C34H43N5O4. The summed E-state index contributed by atoms with van der Waals surface area (Å²) >= 11 is 0. The summed E-state index contributed by atoms with van der Waals surface area (Å²) in [5, 5.41) is 6.33. The highest BCUT2D eigenvalue weighted by Crippen LogP contribution is 2.44. The average molecular weight is 586 g/mol. The molecule has 0 spiro atoms. The molecule has 3 aromatic rings. The number of likely N-dealkylation sites (tertiary alicyclic amines) is 1. The first-order valence-electron chi connectivity index (χ1n) is 15.6. The predicted molar refractivity (Wildman–Crippen MR) is 165 cm³/mol. The van der Waals surface area contributed by atoms with Gasteiger partial charge < -0.3 is 29.6 Å². The lowest BCUT2D eigenvalue weighted by molar-refractivity contribution is -0.136. The summed E-state index contributed by atoms with van der Waals surface area (Å²) in [5.74, 6) is 1.02. The van der Waals surface area contributed by atoms with Crippen LogP contribution in [0.25, 0.3) is 11.1 Å². The van der Waals surface area contributed by atoms with Gasteiger partial charge in [0.15, 0.2) is 0 Å². The van der Waals surface area contributed by atoms with E-state index < -0.39 is 6.09 Å². The van der Waals surface area contributed by atoms with Crippen LogP contribution in [0, 0.1) is 19.8 Å². The van der Waals surface area contributed by atoms with E-state index in [0.717, 1.165) is 43.9 Å². The number of methoxy groups -OCH3 is 1. The number of hydrogen-bond donors (Lipinski definition) is 2. The molecule has 3 aliphatic rings. The minimum Gasteiger partial charge on any atom is -0.449 e. The zero-order valence-corrected chi connectivity index (χ0v) is 25.5. The molecule has 0 radical (unpaired) electrons. The Labute approximate surface area is 254 Å². The van der Waals surface area contributed by atoms with Gasteiger partial charge in [0.2, 0.25) is 5.91 Å². The number of benzene rings is 2. The van der Waals surface area contributed by atoms with E-state index in [2.05, 4.69) is 53.3 Å². The number of alkyl carbamates (subject to hydrolysis) is 1. The first-order chi connectivity index (χ1) is 21.0. The van der Waals surface area contributed by atoms with E-state index in [1.807, 2.05) is 29.2 Å². The first-order valence-corrected chi connectivity index (χ1v) is 15.6. The summed E-state index contributed by atoms with van der Waals surface area (Å²) in [6.07, 6.45) is 2.39. The van der Waals surface area contributed by atoms with Crippen molar-refractivity contribution >= 4 is 12.0 Å². The highest BCUT2D eigenvalue weighted by atomic mass is 16.5. The van der Waals surface area contributed by atoms with Crippen molar-refractivity contribution in [2.75, 3.05) is 46.5 Å². The molecule has 2 aromatic carbocycles. The lowest BCUT2D eigenvalue weighted by Gasteiger charge is -2.35. The molecule has 3 atom stereocenters. The third kappa shape index (κ3) is 5.93. The monoisotopic (exact) mass is 585 g/mol. The van der Waals surface area contributed by atoms with Crippen molar-refractivity contribution in [3.05, 3.63) is 76.9 Å². The SMILES string of the molecule is COCCCn1c(C2CCCN(C(=O)C3CNCC3NC(=O)OCC3c4ccccc4-c4ccccc43)C2)nc(C)c1C. The number of nitrogens with zero attached hydrogens (tertiary/aromatic N) is 3. The maximum Gasteiger partial charge on any atom is 0.407 e. The molecule has 3 unspecified atom stereocenters. The van der Waals surface area contributed by atoms with Crippen LogP contribution in [0.3, 0.4) is 0 Å². The fraction of sp³-hybridized carbons (Fsp3) is 0.500. The number of ether oxygens (including phenoxy) is 2. The molecule has 9 nitrogen and oxygen atoms in total. The van der Waals surface area contributed by atoms with Crippen LogP contribution in [0.5, 0.6) is 0 Å². The largest absolute Gasteiger partial charge is 0.449 e. The highest BCUT2D eigenvalue weighted by Gasteiger charge is 2.39. The van der Waals surface area contributed by atoms with E-state index in [-0.39, 0.29) is 36.3 Å². The number of carbonyl (C=O) groups excluding carboxylic acids is 2. The number of aromatic nitrogens is 2. The summed E-state index contributed by atoms with van der Waals surface area (Å²) in [6.45, 7) is 8.45. The molecule has 9 heteroatoms. The number of carbonyl (C=O) groups is 2. The standard InChI is InChI=1S/C34H43N5O4/c1-22-23(2)39(16-9-17-42-3)32(36-22)24-10-8-15-38(20-24)33(40)29-18-35-19-31(29)37-34(41)43-21-30-27-13-6-4-11-25(27)26-12-5-7-14-28(26)30/h4-7,11-14,24,29-31,35H,8-10,15-21H2,1-3H3,(H,37,41). The third-order valence-electron chi connectivity index (χ3n) is 9.49. The molecule has 2 amide bonds. The second-order valence-corrected chi connectivity index (χ2v) is 12.1. The lowest BCUT2D eigenvalue weighted by atomic mass is 9.94. The number of fused-ring (bicyclic) bond motifs is 3. The normalized spacial score (nSPS) is 21.5. The molecule has 43 heavy (non-hydrogen) atoms. The van der Waals surface area contributed by atoms with Gasteiger partial charge in [-0.15, -0.1) is 0 Å². The van der Waals surface area contributed by atoms with Crippen molar-refractivity contribution in [1.82, 2.24) is 25.1 Å². The van der Waals surface area contributed by atoms with Gasteiger partial charge in [0.05, 0.1) is 17.7 Å². The molecule has 0 bridgehead atoms. The van der Waals surface area contributed by atoms with Crippen LogP contribution < -0.4 is 10.6 Å². The Morgan fingerprint density at radius 2 is 1.77 bits per heavy atom. The van der Waals surface area contributed by atoms with Crippen LogP contribution >= 0.6 is 0 Å². The van der Waals surface area contributed by atoms with Crippen LogP contribution in [-0.4, -0.2) is 79.0 Å². The van der Waals surface area contributed by atoms with Gasteiger partial charge >= 0.3 is 6.09 Å². The summed E-state index contributed by atoms with van der Waals surface area (Å²) < 4.78 is 13.4. The van der Waals surface area contributed by atoms with E-state index in [0.29, 0.717) is 26.2 Å². The third-order valence-corrected chi connectivity index (χ3v) is 9.49. The topological polar surface area (TPSA) is 97.7 Å². The lowest BCUT2D eigenvalue weighted by Crippen LogP contribution is -2.50. The van der Waals surface area contributed by atoms with Crippen molar-refractivity contribution in [3.63, 3.8) is 0 Å². The van der Waals surface area contributed by atoms with E-state index >= 15 is 0 Å². The minimum absolute atomic E-state index is 0.00288. The van der Waals surface area contributed by atoms with E-state index in [1.54, 1.807) is 7.11 Å². The van der Waals surface area contributed by atoms with E-state index in [4.69, 9.17) is 14.5 Å². The molecule has 2 saturated heterocycles. The van der Waals surface area contributed by atoms with Gasteiger partial charge in [-0.25, -0.2) is 9.78 Å². The Kier molecular flexibility index (Phi) is 8.81. The maximum atomic E-state index is 13.8. The number of imidazole rings is 1. The van der Waals surface area contributed by atoms with Gasteiger partial charge in [0.1, 0.15) is 12.4 Å². The highest BCUT2D eigenvalue weighted by molar-refractivity contribution is 5.82. The van der Waals surface area contributed by atoms with Crippen molar-refractivity contribution in [2.45, 2.75) is 57.5 Å². The van der Waals surface area contributed by atoms with Crippen LogP contribution in [0.1, 0.15) is 59.4 Å². The smallest absolute Gasteiger partial charge is 0.407 e. The van der Waals surface area contributed by atoms with Crippen LogP contribution in [0.4, 0.5) is 4.79 Å². The Morgan fingerprint density at radius 3 is 2.49 bits per heavy atom. The first kappa shape index (κ1) is 29.4. The fourth-order valence-corrected chi connectivity index (χ4v) is 7.15. The Bertz CT molecular complexity index is 1420.